The van der Waals surface area contributed by atoms with Crippen LogP contribution < -0.4 is 5.32 Å². The quantitative estimate of drug-likeness (QED) is 0.476. The van der Waals surface area contributed by atoms with Gasteiger partial charge in [-0.1, -0.05) is 60.7 Å². The van der Waals surface area contributed by atoms with Crippen LogP contribution in [0, 0.1) is 0 Å². The lowest BCUT2D eigenvalue weighted by Crippen LogP contribution is -2.16. The maximum absolute atomic E-state index is 9.38. The Bertz CT molecular complexity index is 1130. The van der Waals surface area contributed by atoms with Gasteiger partial charge in [-0.25, -0.2) is 15.0 Å². The molecule has 0 amide bonds. The third kappa shape index (κ3) is 4.15. The first-order valence-corrected chi connectivity index (χ1v) is 10.6. The molecule has 158 valence electrons. The van der Waals surface area contributed by atoms with Gasteiger partial charge >= 0.3 is 0 Å². The number of hydrogen-bond acceptors (Lipinski definition) is 6. The molecule has 0 radical (unpaired) electrons. The average Bonchev–Trinajstić information content (AvgIpc) is 3.47. The number of aromatic nitrogens is 4. The van der Waals surface area contributed by atoms with Crippen LogP contribution in [0.1, 0.15) is 36.2 Å². The number of fused-ring (bicyclic) bond motifs is 1. The zero-order chi connectivity index (χ0) is 21.0. The van der Waals surface area contributed by atoms with Gasteiger partial charge < -0.3 is 15.2 Å². The van der Waals surface area contributed by atoms with Crippen LogP contribution in [0.2, 0.25) is 0 Å². The molecule has 3 unspecified atom stereocenters. The molecular weight excluding hydrogens is 390 g/mol. The summed E-state index contributed by atoms with van der Waals surface area (Å²) >= 11 is 0. The van der Waals surface area contributed by atoms with E-state index in [1.165, 1.54) is 11.1 Å². The molecule has 3 heterocycles. The minimum Gasteiger partial charge on any atom is -0.394 e. The van der Waals surface area contributed by atoms with Gasteiger partial charge in [0.1, 0.15) is 12.6 Å². The number of anilines is 1. The average molecular weight is 415 g/mol. The zero-order valence-electron chi connectivity index (χ0n) is 17.1. The van der Waals surface area contributed by atoms with Crippen LogP contribution in [0.3, 0.4) is 0 Å². The monoisotopic (exact) mass is 415 g/mol. The first kappa shape index (κ1) is 19.7. The number of aliphatic hydroxyl groups excluding tert-OH is 1. The van der Waals surface area contributed by atoms with Crippen molar-refractivity contribution in [2.45, 2.75) is 37.6 Å². The minimum atomic E-state index is -0.167. The molecule has 0 saturated carbocycles. The van der Waals surface area contributed by atoms with Gasteiger partial charge in [0.2, 0.25) is 0 Å². The molecule has 2 aromatic carbocycles. The molecule has 5 rings (SSSR count). The summed E-state index contributed by atoms with van der Waals surface area (Å²) in [5.41, 5.74) is 3.87. The highest BCUT2D eigenvalue weighted by Crippen LogP contribution is 2.32. The summed E-state index contributed by atoms with van der Waals surface area (Å²) in [6, 6.07) is 20.8. The smallest absolute Gasteiger partial charge is 0.167 e. The van der Waals surface area contributed by atoms with Gasteiger partial charge in [-0.15, -0.1) is 0 Å². The lowest BCUT2D eigenvalue weighted by Gasteiger charge is -2.20. The van der Waals surface area contributed by atoms with Crippen molar-refractivity contribution < 1.29 is 9.84 Å². The molecule has 0 aliphatic carbocycles. The number of hydrogen-bond donors (Lipinski definition) is 2. The predicted molar refractivity (Wildman–Crippen MR) is 119 cm³/mol. The van der Waals surface area contributed by atoms with E-state index in [1.807, 2.05) is 28.8 Å². The Balaban J connectivity index is 1.46. The van der Waals surface area contributed by atoms with Gasteiger partial charge in [0, 0.05) is 0 Å². The third-order valence-corrected chi connectivity index (χ3v) is 5.75. The summed E-state index contributed by atoms with van der Waals surface area (Å²) in [5.74, 6) is 0.699. The van der Waals surface area contributed by atoms with Gasteiger partial charge in [-0.2, -0.15) is 0 Å². The Hall–Kier alpha value is -3.29. The highest BCUT2D eigenvalue weighted by Gasteiger charge is 2.28. The fraction of sp³-hybridized carbons (Fsp3) is 0.292. The first-order valence-electron chi connectivity index (χ1n) is 10.6. The molecule has 7 nitrogen and oxygen atoms in total. The first-order chi connectivity index (χ1) is 15.3. The topological polar surface area (TPSA) is 85.1 Å². The van der Waals surface area contributed by atoms with E-state index in [4.69, 9.17) is 4.74 Å². The van der Waals surface area contributed by atoms with E-state index in [1.54, 1.807) is 12.7 Å². The van der Waals surface area contributed by atoms with E-state index in [0.717, 1.165) is 24.9 Å². The Labute approximate surface area is 180 Å². The van der Waals surface area contributed by atoms with Crippen molar-refractivity contribution in [3.05, 3.63) is 84.4 Å². The van der Waals surface area contributed by atoms with E-state index in [2.05, 4.69) is 56.7 Å². The molecule has 2 aromatic heterocycles. The number of nitrogens with one attached hydrogen (secondary N) is 1. The van der Waals surface area contributed by atoms with Crippen LogP contribution in [-0.2, 0) is 11.2 Å². The highest BCUT2D eigenvalue weighted by molar-refractivity contribution is 5.83. The second-order valence-electron chi connectivity index (χ2n) is 7.82. The number of nitrogens with zero attached hydrogens (tertiary/aromatic N) is 4. The predicted octanol–water partition coefficient (Wildman–Crippen LogP) is 3.89. The van der Waals surface area contributed by atoms with E-state index in [0.29, 0.717) is 11.3 Å². The fourth-order valence-corrected chi connectivity index (χ4v) is 4.15. The second-order valence-corrected chi connectivity index (χ2v) is 7.82. The van der Waals surface area contributed by atoms with Gasteiger partial charge in [0.15, 0.2) is 17.0 Å². The van der Waals surface area contributed by atoms with Crippen molar-refractivity contribution in [3.63, 3.8) is 0 Å². The second kappa shape index (κ2) is 8.83. The number of rotatable bonds is 7. The fourth-order valence-electron chi connectivity index (χ4n) is 4.15. The largest absolute Gasteiger partial charge is 0.394 e. The molecule has 2 N–H and O–H groups in total. The highest BCUT2D eigenvalue weighted by atomic mass is 16.5. The molecule has 7 heteroatoms. The third-order valence-electron chi connectivity index (χ3n) is 5.75. The summed E-state index contributed by atoms with van der Waals surface area (Å²) in [6.07, 6.45) is 5.49. The lowest BCUT2D eigenvalue weighted by molar-refractivity contribution is -0.0207. The normalized spacial score (nSPS) is 19.5. The lowest BCUT2D eigenvalue weighted by atomic mass is 9.99. The molecule has 0 bridgehead atoms. The van der Waals surface area contributed by atoms with Crippen LogP contribution in [0.5, 0.6) is 0 Å². The molecule has 3 atom stereocenters. The Morgan fingerprint density at radius 1 is 1.00 bits per heavy atom. The van der Waals surface area contributed by atoms with Crippen molar-refractivity contribution in [1.82, 2.24) is 19.5 Å². The van der Waals surface area contributed by atoms with Gasteiger partial charge in [0.05, 0.1) is 25.1 Å². The molecule has 1 fully saturated rings. The van der Waals surface area contributed by atoms with Crippen LogP contribution >= 0.6 is 0 Å². The van der Waals surface area contributed by atoms with E-state index in [9.17, 15) is 5.11 Å². The molecule has 4 aromatic rings. The van der Waals surface area contributed by atoms with E-state index >= 15 is 0 Å². The molecule has 31 heavy (non-hydrogen) atoms. The molecule has 1 aliphatic heterocycles. The number of imidazole rings is 1. The van der Waals surface area contributed by atoms with E-state index < -0.39 is 0 Å². The van der Waals surface area contributed by atoms with Gasteiger partial charge in [-0.3, -0.25) is 4.57 Å². The van der Waals surface area contributed by atoms with Crippen LogP contribution in [0.4, 0.5) is 5.82 Å². The molecular formula is C24H25N5O2. The van der Waals surface area contributed by atoms with Gasteiger partial charge in [-0.05, 0) is 30.4 Å². The number of benzene rings is 2. The Kier molecular flexibility index (Phi) is 5.60. The summed E-state index contributed by atoms with van der Waals surface area (Å²) < 4.78 is 7.86. The van der Waals surface area contributed by atoms with Gasteiger partial charge in [0.25, 0.3) is 0 Å². The zero-order valence-corrected chi connectivity index (χ0v) is 17.1. The van der Waals surface area contributed by atoms with Crippen molar-refractivity contribution in [2.75, 3.05) is 11.9 Å². The van der Waals surface area contributed by atoms with Crippen molar-refractivity contribution >= 4 is 17.0 Å². The van der Waals surface area contributed by atoms with Crippen molar-refractivity contribution in [2.24, 2.45) is 0 Å². The molecule has 0 spiro atoms. The van der Waals surface area contributed by atoms with Crippen LogP contribution in [-0.4, -0.2) is 37.3 Å². The summed E-state index contributed by atoms with van der Waals surface area (Å²) in [7, 11) is 0. The molecule has 1 saturated heterocycles. The summed E-state index contributed by atoms with van der Waals surface area (Å²) in [6.45, 7) is 0.0309. The number of ether oxygens (including phenoxy) is 1. The SMILES string of the molecule is OCC1CCC(n2cnc3c(NC(Cc4ccccc4)c4ccccc4)ncnc32)O1. The van der Waals surface area contributed by atoms with Crippen LogP contribution in [0.15, 0.2) is 73.3 Å². The molecule has 1 aliphatic rings. The maximum atomic E-state index is 9.38. The number of aliphatic hydroxyl groups is 1. The van der Waals surface area contributed by atoms with Crippen LogP contribution in [0.25, 0.3) is 11.2 Å². The summed E-state index contributed by atoms with van der Waals surface area (Å²) in [5, 5.41) is 13.0. The van der Waals surface area contributed by atoms with Crippen molar-refractivity contribution in [3.8, 4) is 0 Å². The standard InChI is InChI=1S/C24H25N5O2/c30-14-19-11-12-21(31-19)29-16-27-22-23(25-15-26-24(22)29)28-20(18-9-5-2-6-10-18)13-17-7-3-1-4-8-17/h1-10,15-16,19-21,30H,11-14H2,(H,25,26,28). The maximum Gasteiger partial charge on any atom is 0.167 e. The minimum absolute atomic E-state index is 0.0309. The Morgan fingerprint density at radius 3 is 2.52 bits per heavy atom. The summed E-state index contributed by atoms with van der Waals surface area (Å²) in [4.78, 5) is 13.6. The van der Waals surface area contributed by atoms with E-state index in [-0.39, 0.29) is 25.0 Å². The Morgan fingerprint density at radius 2 is 1.77 bits per heavy atom. The van der Waals surface area contributed by atoms with Crippen molar-refractivity contribution in [1.29, 1.82) is 0 Å².